The van der Waals surface area contributed by atoms with E-state index in [-0.39, 0.29) is 5.54 Å². The lowest BCUT2D eigenvalue weighted by Gasteiger charge is -2.22. The van der Waals surface area contributed by atoms with E-state index >= 15 is 0 Å². The minimum absolute atomic E-state index is 0.205. The summed E-state index contributed by atoms with van der Waals surface area (Å²) >= 11 is 0. The van der Waals surface area contributed by atoms with Crippen LogP contribution in [0, 0.1) is 0 Å². The molecule has 0 saturated heterocycles. The maximum absolute atomic E-state index is 11.1. The molecule has 0 aliphatic carbocycles. The molecular formula is C13H14BN3O. The largest absolute Gasteiger partial charge is 0.364 e. The fourth-order valence-electron chi connectivity index (χ4n) is 1.64. The molecule has 0 unspecified atom stereocenters. The van der Waals surface area contributed by atoms with Crippen LogP contribution >= 0.6 is 0 Å². The Morgan fingerprint density at radius 2 is 2.00 bits per heavy atom. The molecule has 0 fully saturated rings. The zero-order valence-corrected chi connectivity index (χ0v) is 10.7. The Morgan fingerprint density at radius 3 is 2.61 bits per heavy atom. The number of anilines is 1. The molecule has 0 amide bonds. The lowest BCUT2D eigenvalue weighted by molar-refractivity contribution is 0.112. The highest BCUT2D eigenvalue weighted by atomic mass is 16.1. The zero-order chi connectivity index (χ0) is 13.3. The highest BCUT2D eigenvalue weighted by molar-refractivity contribution is 6.38. The highest BCUT2D eigenvalue weighted by Crippen LogP contribution is 2.18. The molecule has 5 heteroatoms. The van der Waals surface area contributed by atoms with E-state index in [1.807, 2.05) is 20.8 Å². The number of carbonyl (C=O) groups excluding carboxylic acids is 1. The van der Waals surface area contributed by atoms with Crippen molar-refractivity contribution in [2.24, 2.45) is 0 Å². The summed E-state index contributed by atoms with van der Waals surface area (Å²) in [5, 5.41) is 3.16. The van der Waals surface area contributed by atoms with Gasteiger partial charge in [-0.1, -0.05) is 17.6 Å². The Bertz CT molecular complexity index is 605. The van der Waals surface area contributed by atoms with E-state index in [1.54, 1.807) is 18.2 Å². The molecular weight excluding hydrogens is 225 g/mol. The zero-order valence-electron chi connectivity index (χ0n) is 10.7. The van der Waals surface area contributed by atoms with E-state index in [1.165, 1.54) is 0 Å². The molecule has 0 aliphatic heterocycles. The number of hydrogen-bond acceptors (Lipinski definition) is 4. The van der Waals surface area contributed by atoms with Gasteiger partial charge in [-0.15, -0.1) is 0 Å². The first kappa shape index (κ1) is 12.5. The van der Waals surface area contributed by atoms with E-state index in [0.29, 0.717) is 34.3 Å². The molecule has 4 nitrogen and oxygen atoms in total. The SMILES string of the molecule is [B]c1cccc2nc(C=O)c(NC(C)(C)C)nc12. The summed E-state index contributed by atoms with van der Waals surface area (Å²) in [6.07, 6.45) is 0.698. The van der Waals surface area contributed by atoms with Crippen molar-refractivity contribution in [2.45, 2.75) is 26.3 Å². The predicted molar refractivity (Wildman–Crippen MR) is 73.7 cm³/mol. The van der Waals surface area contributed by atoms with Crippen molar-refractivity contribution in [3.8, 4) is 0 Å². The van der Waals surface area contributed by atoms with Gasteiger partial charge in [0.2, 0.25) is 0 Å². The number of nitrogens with one attached hydrogen (secondary N) is 1. The normalized spacial score (nSPS) is 11.5. The van der Waals surface area contributed by atoms with Crippen molar-refractivity contribution in [1.29, 1.82) is 0 Å². The first-order chi connectivity index (χ1) is 8.40. The van der Waals surface area contributed by atoms with Crippen molar-refractivity contribution in [2.75, 3.05) is 5.32 Å². The van der Waals surface area contributed by atoms with Crippen LogP contribution in [0.2, 0.25) is 0 Å². The van der Waals surface area contributed by atoms with E-state index in [4.69, 9.17) is 7.85 Å². The lowest BCUT2D eigenvalue weighted by atomic mass is 9.94. The number of para-hydroxylation sites is 1. The number of aldehydes is 1. The van der Waals surface area contributed by atoms with Crippen LogP contribution in [0.1, 0.15) is 31.3 Å². The summed E-state index contributed by atoms with van der Waals surface area (Å²) in [5.74, 6) is 0.461. The Morgan fingerprint density at radius 1 is 1.28 bits per heavy atom. The summed E-state index contributed by atoms with van der Waals surface area (Å²) in [6.45, 7) is 5.96. The highest BCUT2D eigenvalue weighted by Gasteiger charge is 2.15. The van der Waals surface area contributed by atoms with E-state index < -0.39 is 0 Å². The smallest absolute Gasteiger partial charge is 0.172 e. The van der Waals surface area contributed by atoms with Gasteiger partial charge in [-0.3, -0.25) is 4.79 Å². The summed E-state index contributed by atoms with van der Waals surface area (Å²) in [4.78, 5) is 19.7. The van der Waals surface area contributed by atoms with Gasteiger partial charge < -0.3 is 5.32 Å². The fourth-order valence-corrected chi connectivity index (χ4v) is 1.64. The number of aromatic nitrogens is 2. The van der Waals surface area contributed by atoms with Crippen LogP contribution in [0.4, 0.5) is 5.82 Å². The second-order valence-electron chi connectivity index (χ2n) is 5.17. The van der Waals surface area contributed by atoms with Gasteiger partial charge in [0.25, 0.3) is 0 Å². The summed E-state index contributed by atoms with van der Waals surface area (Å²) in [5.41, 5.74) is 1.87. The molecule has 0 saturated carbocycles. The number of carbonyl (C=O) groups is 1. The molecule has 0 atom stereocenters. The van der Waals surface area contributed by atoms with Crippen LogP contribution < -0.4 is 10.8 Å². The lowest BCUT2D eigenvalue weighted by Crippen LogP contribution is -2.28. The molecule has 0 bridgehead atoms. The van der Waals surface area contributed by atoms with Gasteiger partial charge in [-0.25, -0.2) is 9.97 Å². The third kappa shape index (κ3) is 2.50. The number of rotatable bonds is 2. The van der Waals surface area contributed by atoms with Crippen LogP contribution in [0.3, 0.4) is 0 Å². The van der Waals surface area contributed by atoms with Crippen molar-refractivity contribution in [3.05, 3.63) is 23.9 Å². The molecule has 1 aromatic heterocycles. The molecule has 1 heterocycles. The molecule has 2 radical (unpaired) electrons. The van der Waals surface area contributed by atoms with Crippen LogP contribution in [0.5, 0.6) is 0 Å². The number of fused-ring (bicyclic) bond motifs is 1. The van der Waals surface area contributed by atoms with Gasteiger partial charge >= 0.3 is 0 Å². The summed E-state index contributed by atoms with van der Waals surface area (Å²) < 4.78 is 0. The molecule has 1 aromatic carbocycles. The Kier molecular flexibility index (Phi) is 3.07. The van der Waals surface area contributed by atoms with Gasteiger partial charge in [0.05, 0.1) is 11.0 Å². The minimum Gasteiger partial charge on any atom is -0.364 e. The van der Waals surface area contributed by atoms with E-state index in [2.05, 4.69) is 15.3 Å². The van der Waals surface area contributed by atoms with Gasteiger partial charge in [0.15, 0.2) is 12.1 Å². The Balaban J connectivity index is 2.64. The van der Waals surface area contributed by atoms with Gasteiger partial charge in [0.1, 0.15) is 13.5 Å². The van der Waals surface area contributed by atoms with Crippen molar-refractivity contribution in [3.63, 3.8) is 0 Å². The number of nitrogens with zero attached hydrogens (tertiary/aromatic N) is 2. The summed E-state index contributed by atoms with van der Waals surface area (Å²) in [7, 11) is 5.86. The summed E-state index contributed by atoms with van der Waals surface area (Å²) in [6, 6.07) is 5.34. The van der Waals surface area contributed by atoms with Crippen LogP contribution in [0.25, 0.3) is 11.0 Å². The van der Waals surface area contributed by atoms with Gasteiger partial charge in [0, 0.05) is 5.54 Å². The number of benzene rings is 1. The van der Waals surface area contributed by atoms with Crippen molar-refractivity contribution in [1.82, 2.24) is 9.97 Å². The quantitative estimate of drug-likeness (QED) is 0.636. The van der Waals surface area contributed by atoms with E-state index in [0.717, 1.165) is 0 Å². The second kappa shape index (κ2) is 4.40. The van der Waals surface area contributed by atoms with Crippen LogP contribution in [0.15, 0.2) is 18.2 Å². The maximum Gasteiger partial charge on any atom is 0.172 e. The molecule has 2 aromatic rings. The Labute approximate surface area is 107 Å². The standard InChI is InChI=1S/C13H14BN3O/c1-13(2,3)17-12-10(7-18)15-9-6-4-5-8(14)11(9)16-12/h4-7H,1-3H3,(H,16,17). The van der Waals surface area contributed by atoms with Crippen molar-refractivity contribution < 1.29 is 4.79 Å². The third-order valence-corrected chi connectivity index (χ3v) is 2.36. The molecule has 18 heavy (non-hydrogen) atoms. The topological polar surface area (TPSA) is 54.9 Å². The second-order valence-corrected chi connectivity index (χ2v) is 5.17. The molecule has 0 spiro atoms. The fraction of sp³-hybridized carbons (Fsp3) is 0.308. The minimum atomic E-state index is -0.205. The first-order valence-corrected chi connectivity index (χ1v) is 5.70. The first-order valence-electron chi connectivity index (χ1n) is 5.70. The van der Waals surface area contributed by atoms with Crippen molar-refractivity contribution >= 4 is 36.4 Å². The van der Waals surface area contributed by atoms with Gasteiger partial charge in [-0.05, 0) is 26.8 Å². The molecule has 0 aliphatic rings. The van der Waals surface area contributed by atoms with Gasteiger partial charge in [-0.2, -0.15) is 0 Å². The average molecular weight is 239 g/mol. The molecule has 90 valence electrons. The predicted octanol–water partition coefficient (Wildman–Crippen LogP) is 1.45. The maximum atomic E-state index is 11.1. The average Bonchev–Trinajstić information content (AvgIpc) is 2.27. The monoisotopic (exact) mass is 239 g/mol. The Hall–Kier alpha value is -1.91. The number of hydrogen-bond donors (Lipinski definition) is 1. The van der Waals surface area contributed by atoms with Crippen LogP contribution in [-0.2, 0) is 0 Å². The molecule has 1 N–H and O–H groups in total. The molecule has 2 rings (SSSR count). The van der Waals surface area contributed by atoms with E-state index in [9.17, 15) is 4.79 Å². The van der Waals surface area contributed by atoms with Crippen LogP contribution in [-0.4, -0.2) is 29.6 Å². The third-order valence-electron chi connectivity index (χ3n) is 2.36.